The molecule has 0 aliphatic carbocycles. The highest BCUT2D eigenvalue weighted by Gasteiger charge is 2.10. The maximum absolute atomic E-state index is 9.23. The zero-order valence-corrected chi connectivity index (χ0v) is 14.3. The summed E-state index contributed by atoms with van der Waals surface area (Å²) in [5, 5.41) is 21.0. The third-order valence-electron chi connectivity index (χ3n) is 3.87. The third kappa shape index (κ3) is 3.20. The molecule has 25 heavy (non-hydrogen) atoms. The van der Waals surface area contributed by atoms with Crippen molar-refractivity contribution in [2.45, 2.75) is 11.8 Å². The molecule has 124 valence electrons. The Kier molecular flexibility index (Phi) is 4.73. The van der Waals surface area contributed by atoms with Crippen LogP contribution in [0.15, 0.2) is 52.6 Å². The molecule has 0 aliphatic rings. The van der Waals surface area contributed by atoms with Crippen LogP contribution in [0.5, 0.6) is 0 Å². The van der Waals surface area contributed by atoms with Gasteiger partial charge in [0.2, 0.25) is 0 Å². The monoisotopic (exact) mass is 348 g/mol. The Balaban J connectivity index is 1.82. The fraction of sp³-hybridized carbons (Fsp3) is 0.0556. The number of fused-ring (bicyclic) bond motifs is 1. The Labute approximate surface area is 149 Å². The van der Waals surface area contributed by atoms with Crippen LogP contribution in [0.3, 0.4) is 0 Å². The molecule has 0 atom stereocenters. The average Bonchev–Trinajstić information content (AvgIpc) is 3.08. The Morgan fingerprint density at radius 1 is 1.32 bits per heavy atom. The second kappa shape index (κ2) is 7.11. The summed E-state index contributed by atoms with van der Waals surface area (Å²) in [5.41, 5.74) is 4.77. The van der Waals surface area contributed by atoms with Crippen molar-refractivity contribution >= 4 is 40.5 Å². The van der Waals surface area contributed by atoms with Gasteiger partial charge in [-0.15, -0.1) is 0 Å². The molecule has 3 aromatic rings. The molecule has 0 fully saturated rings. The van der Waals surface area contributed by atoms with Crippen molar-refractivity contribution in [1.29, 1.82) is 10.7 Å². The van der Waals surface area contributed by atoms with E-state index in [9.17, 15) is 5.26 Å². The first-order chi connectivity index (χ1) is 12.2. The molecule has 0 bridgehead atoms. The largest absolute Gasteiger partial charge is 0.358 e. The highest BCUT2D eigenvalue weighted by molar-refractivity contribution is 8.00. The maximum atomic E-state index is 9.23. The molecular formula is C18H16N6S. The molecule has 2 aromatic carbocycles. The van der Waals surface area contributed by atoms with E-state index in [1.807, 2.05) is 43.3 Å². The van der Waals surface area contributed by atoms with E-state index in [4.69, 9.17) is 11.3 Å². The molecule has 0 radical (unpaired) electrons. The number of aromatic amines is 1. The first-order valence-corrected chi connectivity index (χ1v) is 8.32. The lowest BCUT2D eigenvalue weighted by Gasteiger charge is -2.09. The summed E-state index contributed by atoms with van der Waals surface area (Å²) in [6, 6.07) is 13.8. The molecule has 0 saturated heterocycles. The van der Waals surface area contributed by atoms with Crippen LogP contribution in [0.4, 0.5) is 5.69 Å². The predicted octanol–water partition coefficient (Wildman–Crippen LogP) is 3.78. The van der Waals surface area contributed by atoms with Crippen LogP contribution in [0.1, 0.15) is 16.7 Å². The van der Waals surface area contributed by atoms with Gasteiger partial charge in [0, 0.05) is 28.3 Å². The first kappa shape index (κ1) is 16.6. The number of aryl methyl sites for hydroxylation is 1. The third-order valence-corrected chi connectivity index (χ3v) is 4.70. The minimum Gasteiger partial charge on any atom is -0.358 e. The van der Waals surface area contributed by atoms with Gasteiger partial charge in [0.15, 0.2) is 0 Å². The number of nitriles is 1. The zero-order valence-electron chi connectivity index (χ0n) is 13.5. The van der Waals surface area contributed by atoms with Gasteiger partial charge >= 0.3 is 0 Å². The van der Waals surface area contributed by atoms with Crippen LogP contribution in [0.25, 0.3) is 10.9 Å². The summed E-state index contributed by atoms with van der Waals surface area (Å²) in [6.07, 6.45) is 2.86. The van der Waals surface area contributed by atoms with Crippen molar-refractivity contribution in [3.63, 3.8) is 0 Å². The molecule has 3 rings (SSSR count). The molecule has 7 heteroatoms. The highest BCUT2D eigenvalue weighted by atomic mass is 32.2. The lowest BCUT2D eigenvalue weighted by atomic mass is 10.1. The highest BCUT2D eigenvalue weighted by Crippen LogP contribution is 2.31. The molecule has 0 spiro atoms. The predicted molar refractivity (Wildman–Crippen MR) is 103 cm³/mol. The van der Waals surface area contributed by atoms with E-state index in [2.05, 4.69) is 20.9 Å². The summed E-state index contributed by atoms with van der Waals surface area (Å²) >= 11 is 1.47. The quantitative estimate of drug-likeness (QED) is 0.243. The van der Waals surface area contributed by atoms with Gasteiger partial charge in [0.1, 0.15) is 11.8 Å². The van der Waals surface area contributed by atoms with Crippen molar-refractivity contribution in [1.82, 2.24) is 4.98 Å². The average molecular weight is 348 g/mol. The van der Waals surface area contributed by atoms with E-state index in [0.717, 1.165) is 38.8 Å². The van der Waals surface area contributed by atoms with Gasteiger partial charge < -0.3 is 21.0 Å². The molecule has 6 nitrogen and oxygen atoms in total. The van der Waals surface area contributed by atoms with Crippen LogP contribution in [0, 0.1) is 23.7 Å². The van der Waals surface area contributed by atoms with Gasteiger partial charge in [0.05, 0.1) is 16.8 Å². The van der Waals surface area contributed by atoms with Gasteiger partial charge in [-0.25, -0.2) is 0 Å². The molecule has 0 aliphatic heterocycles. The van der Waals surface area contributed by atoms with Crippen molar-refractivity contribution in [2.75, 3.05) is 4.72 Å². The fourth-order valence-electron chi connectivity index (χ4n) is 2.60. The van der Waals surface area contributed by atoms with Crippen molar-refractivity contribution in [3.8, 4) is 6.07 Å². The summed E-state index contributed by atoms with van der Waals surface area (Å²) in [7, 11) is 0. The summed E-state index contributed by atoms with van der Waals surface area (Å²) in [5.74, 6) is 5.26. The second-order valence-corrected chi connectivity index (χ2v) is 6.26. The molecule has 1 heterocycles. The van der Waals surface area contributed by atoms with Crippen LogP contribution >= 0.6 is 11.9 Å². The lowest BCUT2D eigenvalue weighted by molar-refractivity contribution is 1.25. The van der Waals surface area contributed by atoms with E-state index in [-0.39, 0.29) is 0 Å². The number of H-pyrrole nitrogens is 1. The van der Waals surface area contributed by atoms with E-state index < -0.39 is 0 Å². The van der Waals surface area contributed by atoms with Crippen molar-refractivity contribution in [2.24, 2.45) is 10.9 Å². The van der Waals surface area contributed by atoms with Crippen LogP contribution in [0.2, 0.25) is 0 Å². The van der Waals surface area contributed by atoms with Crippen LogP contribution in [-0.2, 0) is 0 Å². The topological polar surface area (TPSA) is 114 Å². The maximum Gasteiger partial charge on any atom is 0.107 e. The number of anilines is 1. The number of nitrogens with two attached hydrogens (primary N) is 1. The van der Waals surface area contributed by atoms with E-state index in [1.165, 1.54) is 11.9 Å². The van der Waals surface area contributed by atoms with Gasteiger partial charge in [-0.05, 0) is 42.6 Å². The number of benzene rings is 2. The van der Waals surface area contributed by atoms with Crippen LogP contribution in [-0.4, -0.2) is 16.9 Å². The Bertz CT molecular complexity index is 995. The van der Waals surface area contributed by atoms with Crippen molar-refractivity contribution in [3.05, 3.63) is 59.3 Å². The van der Waals surface area contributed by atoms with E-state index in [1.54, 1.807) is 6.20 Å². The number of hydrogen-bond donors (Lipinski definition) is 4. The minimum atomic E-state index is 0.431. The van der Waals surface area contributed by atoms with Crippen LogP contribution < -0.4 is 10.6 Å². The Morgan fingerprint density at radius 2 is 2.08 bits per heavy atom. The minimum absolute atomic E-state index is 0.431. The molecule has 5 N–H and O–H groups in total. The van der Waals surface area contributed by atoms with Gasteiger partial charge in [-0.3, -0.25) is 0 Å². The summed E-state index contributed by atoms with van der Waals surface area (Å²) in [4.78, 5) is 4.18. The number of nitrogens with zero attached hydrogens (tertiary/aromatic N) is 2. The lowest BCUT2D eigenvalue weighted by Crippen LogP contribution is -2.04. The molecular weight excluding hydrogens is 332 g/mol. The first-order valence-electron chi connectivity index (χ1n) is 7.50. The number of hydrogen-bond acceptors (Lipinski definition) is 6. The van der Waals surface area contributed by atoms with Gasteiger partial charge in [-0.1, -0.05) is 18.2 Å². The fourth-order valence-corrected chi connectivity index (χ4v) is 3.27. The molecule has 0 amide bonds. The smallest absolute Gasteiger partial charge is 0.107 e. The molecule has 1 aromatic heterocycles. The van der Waals surface area contributed by atoms with Gasteiger partial charge in [0.25, 0.3) is 0 Å². The number of hydrazone groups is 1. The zero-order chi connectivity index (χ0) is 17.8. The molecule has 0 unspecified atom stereocenters. The number of rotatable bonds is 5. The standard InChI is InChI=1S/C18H16N6S/c1-11-2-7-15(18-17(11)13(8-19)10-22-18)24-25-14-5-3-12(4-6-14)16(9-20)23-21/h2-7,9-10,20,22,24H,21H2,1H3/b20-9?,23-16+. The summed E-state index contributed by atoms with van der Waals surface area (Å²) < 4.78 is 3.32. The Morgan fingerprint density at radius 3 is 2.72 bits per heavy atom. The number of nitrogens with one attached hydrogen (secondary N) is 3. The normalized spacial score (nSPS) is 11.3. The van der Waals surface area contributed by atoms with E-state index >= 15 is 0 Å². The second-order valence-electron chi connectivity index (χ2n) is 5.38. The molecule has 0 saturated carbocycles. The van der Waals surface area contributed by atoms with E-state index in [0.29, 0.717) is 11.3 Å². The number of aromatic nitrogens is 1. The van der Waals surface area contributed by atoms with Crippen molar-refractivity contribution < 1.29 is 0 Å². The Hall–Kier alpha value is -3.24. The SMILES string of the molecule is Cc1ccc(NSc2ccc(/C(C=N)=N/N)cc2)c2[nH]cc(C#N)c12. The summed E-state index contributed by atoms with van der Waals surface area (Å²) in [6.45, 7) is 1.99. The van der Waals surface area contributed by atoms with Gasteiger partial charge in [-0.2, -0.15) is 10.4 Å².